The highest BCUT2D eigenvalue weighted by atomic mass is 35.5. The molecule has 1 fully saturated rings. The molecule has 13 heteroatoms. The maximum Gasteiger partial charge on any atom is 0.271 e. The van der Waals surface area contributed by atoms with Crippen molar-refractivity contribution < 1.29 is 28.7 Å². The topological polar surface area (TPSA) is 120 Å². The third-order valence-electron chi connectivity index (χ3n) is 5.37. The SMILES string of the molecule is COc1ccc(N2C(=O)C(=Cc3ccc(OCC(=O)Nc4cccc([N+](=O)[O-])c4)c(OC)c3)SC2=S)cc1Cl. The van der Waals surface area contributed by atoms with Crippen LogP contribution in [0.1, 0.15) is 5.56 Å². The van der Waals surface area contributed by atoms with Crippen molar-refractivity contribution in [3.05, 3.63) is 86.3 Å². The number of benzene rings is 3. The second kappa shape index (κ2) is 12.2. The number of carbonyl (C=O) groups is 2. The van der Waals surface area contributed by atoms with Crippen molar-refractivity contribution in [2.45, 2.75) is 0 Å². The lowest BCUT2D eigenvalue weighted by atomic mass is 10.1. The van der Waals surface area contributed by atoms with E-state index in [0.717, 1.165) is 11.8 Å². The maximum absolute atomic E-state index is 13.1. The number of ether oxygens (including phenoxy) is 3. The van der Waals surface area contributed by atoms with E-state index < -0.39 is 10.8 Å². The third kappa shape index (κ3) is 6.48. The normalized spacial score (nSPS) is 13.9. The van der Waals surface area contributed by atoms with Crippen LogP contribution in [0, 0.1) is 10.1 Å². The number of thioether (sulfide) groups is 1. The van der Waals surface area contributed by atoms with E-state index in [1.165, 1.54) is 43.4 Å². The smallest absolute Gasteiger partial charge is 0.271 e. The first-order chi connectivity index (χ1) is 18.7. The molecular formula is C26H20ClN3O7S2. The Bertz CT molecular complexity index is 1510. The molecule has 0 aliphatic carbocycles. The van der Waals surface area contributed by atoms with E-state index in [2.05, 4.69) is 5.32 Å². The van der Waals surface area contributed by atoms with Crippen LogP contribution >= 0.6 is 35.6 Å². The average Bonchev–Trinajstić information content (AvgIpc) is 3.19. The first-order valence-electron chi connectivity index (χ1n) is 11.2. The number of carbonyl (C=O) groups excluding carboxylic acids is 2. The van der Waals surface area contributed by atoms with Gasteiger partial charge in [0.05, 0.1) is 34.8 Å². The van der Waals surface area contributed by atoms with Crippen molar-refractivity contribution in [3.8, 4) is 17.2 Å². The summed E-state index contributed by atoms with van der Waals surface area (Å²) in [5.41, 5.74) is 1.30. The zero-order chi connectivity index (χ0) is 28.1. The molecule has 2 amide bonds. The van der Waals surface area contributed by atoms with E-state index in [4.69, 9.17) is 38.0 Å². The molecule has 0 aromatic heterocycles. The Balaban J connectivity index is 1.45. The number of hydrogen-bond donors (Lipinski definition) is 1. The van der Waals surface area contributed by atoms with Crippen molar-refractivity contribution in [3.63, 3.8) is 0 Å². The summed E-state index contributed by atoms with van der Waals surface area (Å²) in [6.07, 6.45) is 1.67. The lowest BCUT2D eigenvalue weighted by Gasteiger charge is -2.15. The van der Waals surface area contributed by atoms with Crippen LogP contribution in [0.5, 0.6) is 17.2 Å². The van der Waals surface area contributed by atoms with Crippen LogP contribution in [0.4, 0.5) is 17.1 Å². The number of halogens is 1. The molecule has 1 aliphatic heterocycles. The molecule has 39 heavy (non-hydrogen) atoms. The van der Waals surface area contributed by atoms with Crippen molar-refractivity contribution in [1.29, 1.82) is 0 Å². The first kappa shape index (κ1) is 27.9. The summed E-state index contributed by atoms with van der Waals surface area (Å²) in [4.78, 5) is 37.6. The third-order valence-corrected chi connectivity index (χ3v) is 6.97. The highest BCUT2D eigenvalue weighted by molar-refractivity contribution is 8.27. The van der Waals surface area contributed by atoms with E-state index >= 15 is 0 Å². The fourth-order valence-corrected chi connectivity index (χ4v) is 5.12. The Kier molecular flexibility index (Phi) is 8.69. The Morgan fingerprint density at radius 2 is 1.85 bits per heavy atom. The van der Waals surface area contributed by atoms with Gasteiger partial charge in [-0.25, -0.2) is 0 Å². The van der Waals surface area contributed by atoms with E-state index in [1.807, 2.05) is 0 Å². The molecule has 1 saturated heterocycles. The predicted molar refractivity (Wildman–Crippen MR) is 154 cm³/mol. The Labute approximate surface area is 237 Å². The second-order valence-corrected chi connectivity index (χ2v) is 9.97. The summed E-state index contributed by atoms with van der Waals surface area (Å²) >= 11 is 12.8. The predicted octanol–water partition coefficient (Wildman–Crippen LogP) is 5.69. The minimum atomic E-state index is -0.550. The number of nitrogens with one attached hydrogen (secondary N) is 1. The molecule has 1 aliphatic rings. The monoisotopic (exact) mass is 585 g/mol. The number of amides is 2. The van der Waals surface area contributed by atoms with Gasteiger partial charge in [0, 0.05) is 17.8 Å². The summed E-state index contributed by atoms with van der Waals surface area (Å²) in [6, 6.07) is 15.5. The van der Waals surface area contributed by atoms with Gasteiger partial charge in [0.1, 0.15) is 5.75 Å². The number of anilines is 2. The summed E-state index contributed by atoms with van der Waals surface area (Å²) in [5.74, 6) is 0.304. The Morgan fingerprint density at radius 3 is 2.54 bits per heavy atom. The molecule has 1 heterocycles. The van der Waals surface area contributed by atoms with Gasteiger partial charge >= 0.3 is 0 Å². The van der Waals surface area contributed by atoms with Gasteiger partial charge in [-0.1, -0.05) is 47.7 Å². The quantitative estimate of drug-likeness (QED) is 0.146. The Hall–Kier alpha value is -4.13. The van der Waals surface area contributed by atoms with Crippen LogP contribution in [-0.2, 0) is 9.59 Å². The van der Waals surface area contributed by atoms with Crippen molar-refractivity contribution in [2.24, 2.45) is 0 Å². The van der Waals surface area contributed by atoms with Gasteiger partial charge in [-0.2, -0.15) is 0 Å². The number of non-ortho nitro benzene ring substituents is 1. The molecule has 0 unspecified atom stereocenters. The lowest BCUT2D eigenvalue weighted by Crippen LogP contribution is -2.27. The molecule has 0 saturated carbocycles. The Morgan fingerprint density at radius 1 is 1.10 bits per heavy atom. The maximum atomic E-state index is 13.1. The average molecular weight is 586 g/mol. The van der Waals surface area contributed by atoms with Crippen LogP contribution in [0.3, 0.4) is 0 Å². The number of rotatable bonds is 9. The van der Waals surface area contributed by atoms with E-state index in [-0.39, 0.29) is 23.9 Å². The molecule has 0 bridgehead atoms. The van der Waals surface area contributed by atoms with Crippen molar-refractivity contribution >= 4 is 74.9 Å². The second-order valence-electron chi connectivity index (χ2n) is 7.89. The number of nitro benzene ring substituents is 1. The van der Waals surface area contributed by atoms with Crippen molar-refractivity contribution in [1.82, 2.24) is 0 Å². The van der Waals surface area contributed by atoms with Gasteiger partial charge in [-0.15, -0.1) is 0 Å². The van der Waals surface area contributed by atoms with Crippen LogP contribution in [0.25, 0.3) is 6.08 Å². The summed E-state index contributed by atoms with van der Waals surface area (Å²) < 4.78 is 16.5. The fraction of sp³-hybridized carbons (Fsp3) is 0.115. The molecule has 3 aromatic carbocycles. The zero-order valence-corrected chi connectivity index (χ0v) is 22.9. The number of hydrogen-bond acceptors (Lipinski definition) is 9. The fourth-order valence-electron chi connectivity index (χ4n) is 3.57. The van der Waals surface area contributed by atoms with E-state index in [1.54, 1.807) is 42.5 Å². The molecule has 0 atom stereocenters. The number of nitro groups is 1. The van der Waals surface area contributed by atoms with Crippen LogP contribution in [-0.4, -0.2) is 41.9 Å². The molecule has 10 nitrogen and oxygen atoms in total. The molecule has 3 aromatic rings. The van der Waals surface area contributed by atoms with Gasteiger partial charge < -0.3 is 19.5 Å². The van der Waals surface area contributed by atoms with Gasteiger partial charge in [0.25, 0.3) is 17.5 Å². The highest BCUT2D eigenvalue weighted by Gasteiger charge is 2.33. The van der Waals surface area contributed by atoms with Gasteiger partial charge in [-0.05, 0) is 48.0 Å². The number of methoxy groups -OCH3 is 2. The minimum absolute atomic E-state index is 0.143. The lowest BCUT2D eigenvalue weighted by molar-refractivity contribution is -0.384. The summed E-state index contributed by atoms with van der Waals surface area (Å²) in [7, 11) is 2.95. The molecule has 1 N–H and O–H groups in total. The molecule has 4 rings (SSSR count). The first-order valence-corrected chi connectivity index (χ1v) is 12.8. The van der Waals surface area contributed by atoms with Gasteiger partial charge in [0.2, 0.25) is 0 Å². The van der Waals surface area contributed by atoms with Crippen molar-refractivity contribution in [2.75, 3.05) is 31.0 Å². The van der Waals surface area contributed by atoms with Crippen LogP contribution in [0.2, 0.25) is 5.02 Å². The molecule has 0 spiro atoms. The van der Waals surface area contributed by atoms with Crippen LogP contribution in [0.15, 0.2) is 65.6 Å². The zero-order valence-electron chi connectivity index (χ0n) is 20.5. The largest absolute Gasteiger partial charge is 0.495 e. The van der Waals surface area contributed by atoms with E-state index in [0.29, 0.717) is 42.7 Å². The molecule has 200 valence electrons. The molecular weight excluding hydrogens is 566 g/mol. The van der Waals surface area contributed by atoms with Crippen LogP contribution < -0.4 is 24.4 Å². The van der Waals surface area contributed by atoms with Gasteiger partial charge in [-0.3, -0.25) is 24.6 Å². The summed E-state index contributed by atoms with van der Waals surface area (Å²) in [6.45, 7) is -0.360. The molecule has 0 radical (unpaired) electrons. The minimum Gasteiger partial charge on any atom is -0.495 e. The van der Waals surface area contributed by atoms with E-state index in [9.17, 15) is 19.7 Å². The number of thiocarbonyl (C=S) groups is 1. The van der Waals surface area contributed by atoms with Gasteiger partial charge in [0.15, 0.2) is 22.4 Å². The number of nitrogens with zero attached hydrogens (tertiary/aromatic N) is 2. The standard InChI is InChI=1S/C26H20ClN3O7S2/c1-35-20-9-7-17(13-19(20)27)29-25(32)23(39-26(29)38)11-15-6-8-21(22(10-15)36-2)37-14-24(31)28-16-4-3-5-18(12-16)30(33)34/h3-13H,14H2,1-2H3,(H,28,31). The highest BCUT2D eigenvalue weighted by Crippen LogP contribution is 2.39. The summed E-state index contributed by atoms with van der Waals surface area (Å²) in [5, 5.41) is 13.8.